The molecule has 0 aromatic heterocycles. The largest absolute Gasteiger partial charge is 0.370 e. The molecule has 1 heterocycles. The highest BCUT2D eigenvalue weighted by atomic mass is 16.6. The minimum atomic E-state index is -0.494. The van der Waals surface area contributed by atoms with Crippen molar-refractivity contribution in [2.24, 2.45) is 0 Å². The second-order valence-corrected chi connectivity index (χ2v) is 4.09. The van der Waals surface area contributed by atoms with Crippen molar-refractivity contribution in [2.75, 3.05) is 18.0 Å². The summed E-state index contributed by atoms with van der Waals surface area (Å²) >= 11 is 0. The molecule has 5 heteroatoms. The zero-order valence-corrected chi connectivity index (χ0v) is 9.43. The molecule has 0 saturated carbocycles. The molecule has 1 aromatic rings. The molecule has 88 valence electrons. The van der Waals surface area contributed by atoms with Crippen LogP contribution in [0.1, 0.15) is 24.8 Å². The van der Waals surface area contributed by atoms with Crippen molar-refractivity contribution in [1.29, 1.82) is 5.26 Å². The number of nitriles is 1. The summed E-state index contributed by atoms with van der Waals surface area (Å²) in [4.78, 5) is 12.4. The lowest BCUT2D eigenvalue weighted by Crippen LogP contribution is -2.30. The van der Waals surface area contributed by atoms with Crippen LogP contribution < -0.4 is 4.90 Å². The van der Waals surface area contributed by atoms with E-state index in [2.05, 4.69) is 4.90 Å². The Morgan fingerprint density at radius 2 is 2.00 bits per heavy atom. The standard InChI is InChI=1S/C12H13N3O2/c13-9-10-11(14-7-2-1-3-8-14)5-4-6-12(10)15(16)17/h4-6H,1-3,7-8H2. The number of hydrogen-bond donors (Lipinski definition) is 0. The lowest BCUT2D eigenvalue weighted by Gasteiger charge is -2.29. The highest BCUT2D eigenvalue weighted by Crippen LogP contribution is 2.30. The quantitative estimate of drug-likeness (QED) is 0.579. The van der Waals surface area contributed by atoms with Crippen LogP contribution in [-0.4, -0.2) is 18.0 Å². The highest BCUT2D eigenvalue weighted by molar-refractivity contribution is 5.67. The molecule has 0 spiro atoms. The van der Waals surface area contributed by atoms with Crippen LogP contribution in [0.3, 0.4) is 0 Å². The summed E-state index contributed by atoms with van der Waals surface area (Å²) in [6.07, 6.45) is 3.34. The minimum absolute atomic E-state index is 0.101. The molecule has 0 aliphatic carbocycles. The molecule has 1 fully saturated rings. The summed E-state index contributed by atoms with van der Waals surface area (Å²) in [5.74, 6) is 0. The van der Waals surface area contributed by atoms with E-state index in [-0.39, 0.29) is 11.3 Å². The molecule has 0 radical (unpaired) electrons. The molecular formula is C12H13N3O2. The third-order valence-corrected chi connectivity index (χ3v) is 3.03. The number of hydrogen-bond acceptors (Lipinski definition) is 4. The van der Waals surface area contributed by atoms with E-state index in [9.17, 15) is 10.1 Å². The summed E-state index contributed by atoms with van der Waals surface area (Å²) in [5.41, 5.74) is 0.774. The molecule has 1 aliphatic rings. The fourth-order valence-corrected chi connectivity index (χ4v) is 2.19. The molecular weight excluding hydrogens is 218 g/mol. The number of piperidine rings is 1. The van der Waals surface area contributed by atoms with E-state index in [1.54, 1.807) is 12.1 Å². The minimum Gasteiger partial charge on any atom is -0.370 e. The maximum atomic E-state index is 10.9. The van der Waals surface area contributed by atoms with Crippen LogP contribution >= 0.6 is 0 Å². The number of rotatable bonds is 2. The lowest BCUT2D eigenvalue weighted by molar-refractivity contribution is -0.385. The van der Waals surface area contributed by atoms with Crippen molar-refractivity contribution in [3.63, 3.8) is 0 Å². The van der Waals surface area contributed by atoms with Gasteiger partial charge in [-0.3, -0.25) is 10.1 Å². The molecule has 2 rings (SSSR count). The smallest absolute Gasteiger partial charge is 0.289 e. The van der Waals surface area contributed by atoms with Crippen LogP contribution in [0.15, 0.2) is 18.2 Å². The molecule has 0 atom stereocenters. The van der Waals surface area contributed by atoms with Crippen molar-refractivity contribution >= 4 is 11.4 Å². The van der Waals surface area contributed by atoms with Crippen LogP contribution in [0.2, 0.25) is 0 Å². The van der Waals surface area contributed by atoms with Crippen LogP contribution in [0.4, 0.5) is 11.4 Å². The first-order valence-electron chi connectivity index (χ1n) is 5.66. The normalized spacial score (nSPS) is 15.4. The van der Waals surface area contributed by atoms with Crippen LogP contribution in [-0.2, 0) is 0 Å². The van der Waals surface area contributed by atoms with Gasteiger partial charge < -0.3 is 4.90 Å². The van der Waals surface area contributed by atoms with Gasteiger partial charge in [0.1, 0.15) is 6.07 Å². The van der Waals surface area contributed by atoms with Crippen molar-refractivity contribution < 1.29 is 4.92 Å². The first-order valence-corrected chi connectivity index (χ1v) is 5.66. The van der Waals surface area contributed by atoms with Gasteiger partial charge in [0.25, 0.3) is 5.69 Å². The van der Waals surface area contributed by atoms with Gasteiger partial charge in [-0.2, -0.15) is 5.26 Å². The topological polar surface area (TPSA) is 70.2 Å². The van der Waals surface area contributed by atoms with Gasteiger partial charge in [-0.15, -0.1) is 0 Å². The average Bonchev–Trinajstić information content (AvgIpc) is 2.38. The van der Waals surface area contributed by atoms with Gasteiger partial charge in [-0.05, 0) is 25.3 Å². The SMILES string of the molecule is N#Cc1c(N2CCCCC2)cccc1[N+](=O)[O-]. The lowest BCUT2D eigenvalue weighted by atomic mass is 10.1. The van der Waals surface area contributed by atoms with E-state index in [0.717, 1.165) is 25.9 Å². The number of anilines is 1. The molecule has 0 bridgehead atoms. The Hall–Kier alpha value is -2.09. The third-order valence-electron chi connectivity index (χ3n) is 3.03. The molecule has 1 saturated heterocycles. The molecule has 1 aliphatic heterocycles. The summed E-state index contributed by atoms with van der Waals surface area (Å²) in [5, 5.41) is 19.9. The molecule has 0 N–H and O–H groups in total. The summed E-state index contributed by atoms with van der Waals surface area (Å²) in [6.45, 7) is 1.74. The third kappa shape index (κ3) is 2.21. The van der Waals surface area contributed by atoms with E-state index >= 15 is 0 Å². The second kappa shape index (κ2) is 4.83. The predicted octanol–water partition coefficient (Wildman–Crippen LogP) is 2.46. The Morgan fingerprint density at radius 1 is 1.29 bits per heavy atom. The van der Waals surface area contributed by atoms with E-state index in [1.165, 1.54) is 12.5 Å². The first-order chi connectivity index (χ1) is 8.24. The number of nitro groups is 1. The zero-order valence-electron chi connectivity index (χ0n) is 9.43. The number of nitro benzene ring substituents is 1. The van der Waals surface area contributed by atoms with Crippen molar-refractivity contribution in [2.45, 2.75) is 19.3 Å². The summed E-state index contributed by atoms with van der Waals surface area (Å²) < 4.78 is 0. The Bertz CT molecular complexity index is 473. The van der Waals surface area contributed by atoms with E-state index in [4.69, 9.17) is 5.26 Å². The molecule has 1 aromatic carbocycles. The van der Waals surface area contributed by atoms with Gasteiger partial charge in [-0.1, -0.05) is 6.07 Å². The Morgan fingerprint density at radius 3 is 2.59 bits per heavy atom. The molecule has 5 nitrogen and oxygen atoms in total. The van der Waals surface area contributed by atoms with Gasteiger partial charge in [0, 0.05) is 19.2 Å². The Balaban J connectivity index is 2.43. The van der Waals surface area contributed by atoms with Gasteiger partial charge >= 0.3 is 0 Å². The first kappa shape index (κ1) is 11.4. The van der Waals surface area contributed by atoms with Gasteiger partial charge in [-0.25, -0.2) is 0 Å². The van der Waals surface area contributed by atoms with E-state index in [0.29, 0.717) is 5.69 Å². The van der Waals surface area contributed by atoms with Crippen molar-refractivity contribution in [3.05, 3.63) is 33.9 Å². The average molecular weight is 231 g/mol. The van der Waals surface area contributed by atoms with Gasteiger partial charge in [0.05, 0.1) is 10.6 Å². The molecule has 17 heavy (non-hydrogen) atoms. The number of benzene rings is 1. The summed E-state index contributed by atoms with van der Waals surface area (Å²) in [6, 6.07) is 6.77. The predicted molar refractivity (Wildman–Crippen MR) is 63.9 cm³/mol. The van der Waals surface area contributed by atoms with E-state index < -0.39 is 4.92 Å². The Labute approximate surface area is 99.4 Å². The van der Waals surface area contributed by atoms with E-state index in [1.807, 2.05) is 6.07 Å². The molecule has 0 amide bonds. The fraction of sp³-hybridized carbons (Fsp3) is 0.417. The Kier molecular flexibility index (Phi) is 3.24. The van der Waals surface area contributed by atoms with Crippen LogP contribution in [0, 0.1) is 21.4 Å². The van der Waals surface area contributed by atoms with Gasteiger partial charge in [0.15, 0.2) is 5.56 Å². The highest BCUT2D eigenvalue weighted by Gasteiger charge is 2.21. The van der Waals surface area contributed by atoms with Gasteiger partial charge in [0.2, 0.25) is 0 Å². The molecule has 0 unspecified atom stereocenters. The van der Waals surface area contributed by atoms with Crippen molar-refractivity contribution in [1.82, 2.24) is 0 Å². The number of nitrogens with zero attached hydrogens (tertiary/aromatic N) is 3. The maximum absolute atomic E-state index is 10.9. The second-order valence-electron chi connectivity index (χ2n) is 4.09. The monoisotopic (exact) mass is 231 g/mol. The van der Waals surface area contributed by atoms with Crippen molar-refractivity contribution in [3.8, 4) is 6.07 Å². The van der Waals surface area contributed by atoms with Crippen LogP contribution in [0.25, 0.3) is 0 Å². The maximum Gasteiger partial charge on any atom is 0.289 e. The zero-order chi connectivity index (χ0) is 12.3. The summed E-state index contributed by atoms with van der Waals surface area (Å²) in [7, 11) is 0. The van der Waals surface area contributed by atoms with Crippen LogP contribution in [0.5, 0.6) is 0 Å². The fourth-order valence-electron chi connectivity index (χ4n) is 2.19.